The van der Waals surface area contributed by atoms with Crippen molar-refractivity contribution in [3.63, 3.8) is 0 Å². The van der Waals surface area contributed by atoms with E-state index in [1.165, 1.54) is 154 Å². The molecule has 0 radical (unpaired) electrons. The second kappa shape index (κ2) is 39.0. The third-order valence-corrected chi connectivity index (χ3v) is 12.6. The Morgan fingerprint density at radius 2 is 1.05 bits per heavy atom. The maximum absolute atomic E-state index is 13.1. The molecular formula is C48H93NO12S. The Hall–Kier alpha value is -1.20. The van der Waals surface area contributed by atoms with Gasteiger partial charge < -0.3 is 40.3 Å². The van der Waals surface area contributed by atoms with E-state index < -0.39 is 78.5 Å². The predicted octanol–water partition coefficient (Wildman–Crippen LogP) is 9.31. The van der Waals surface area contributed by atoms with Crippen molar-refractivity contribution in [1.82, 2.24) is 5.32 Å². The zero-order valence-corrected chi connectivity index (χ0v) is 39.9. The second-order valence-corrected chi connectivity index (χ2v) is 19.0. The smallest absolute Gasteiger partial charge is 0.394 e. The molecule has 62 heavy (non-hydrogen) atoms. The summed E-state index contributed by atoms with van der Waals surface area (Å²) in [5.41, 5.74) is 0. The fourth-order valence-electron chi connectivity index (χ4n) is 8.17. The summed E-state index contributed by atoms with van der Waals surface area (Å²) in [7, 11) is -5.12. The summed E-state index contributed by atoms with van der Waals surface area (Å²) in [6.45, 7) is 3.24. The van der Waals surface area contributed by atoms with Crippen molar-refractivity contribution in [1.29, 1.82) is 0 Å². The Morgan fingerprint density at radius 1 is 0.645 bits per heavy atom. The normalized spacial score (nSPS) is 21.1. The van der Waals surface area contributed by atoms with Crippen molar-refractivity contribution < 1.29 is 57.0 Å². The minimum Gasteiger partial charge on any atom is -0.394 e. The summed E-state index contributed by atoms with van der Waals surface area (Å²) >= 11 is 0. The summed E-state index contributed by atoms with van der Waals surface area (Å²) < 4.78 is 47.6. The van der Waals surface area contributed by atoms with Gasteiger partial charge >= 0.3 is 10.4 Å². The minimum absolute atomic E-state index is 0.248. The largest absolute Gasteiger partial charge is 0.397 e. The highest BCUT2D eigenvalue weighted by molar-refractivity contribution is 7.80. The number of unbranched alkanes of at least 4 members (excludes halogenated alkanes) is 30. The predicted molar refractivity (Wildman–Crippen MR) is 247 cm³/mol. The Labute approximate surface area is 377 Å². The zero-order valence-electron chi connectivity index (χ0n) is 39.1. The average Bonchev–Trinajstić information content (AvgIpc) is 3.24. The van der Waals surface area contributed by atoms with E-state index in [-0.39, 0.29) is 6.42 Å². The molecule has 0 bridgehead atoms. The van der Waals surface area contributed by atoms with Crippen LogP contribution in [0.25, 0.3) is 0 Å². The molecule has 368 valence electrons. The Morgan fingerprint density at radius 3 is 1.45 bits per heavy atom. The molecule has 7 N–H and O–H groups in total. The van der Waals surface area contributed by atoms with E-state index in [9.17, 15) is 43.3 Å². The number of aliphatic hydroxyl groups excluding tert-OH is 5. The molecule has 1 amide bonds. The molecule has 0 spiro atoms. The lowest BCUT2D eigenvalue weighted by atomic mass is 9.99. The van der Waals surface area contributed by atoms with Crippen LogP contribution in [0.2, 0.25) is 0 Å². The van der Waals surface area contributed by atoms with E-state index in [4.69, 9.17) is 9.47 Å². The van der Waals surface area contributed by atoms with Gasteiger partial charge in [-0.1, -0.05) is 219 Å². The third-order valence-electron chi connectivity index (χ3n) is 12.2. The molecule has 1 aliphatic rings. The van der Waals surface area contributed by atoms with E-state index in [1.807, 2.05) is 6.08 Å². The molecule has 0 aromatic carbocycles. The van der Waals surface area contributed by atoms with Crippen LogP contribution < -0.4 is 5.32 Å². The zero-order chi connectivity index (χ0) is 45.7. The molecule has 8 atom stereocenters. The van der Waals surface area contributed by atoms with Crippen LogP contribution in [-0.4, -0.2) is 107 Å². The molecule has 0 aliphatic carbocycles. The number of allylic oxidation sites excluding steroid dienone is 1. The van der Waals surface area contributed by atoms with Gasteiger partial charge in [-0.2, -0.15) is 8.42 Å². The van der Waals surface area contributed by atoms with Crippen LogP contribution in [-0.2, 0) is 28.9 Å². The number of rotatable bonds is 43. The van der Waals surface area contributed by atoms with Gasteiger partial charge in [0, 0.05) is 0 Å². The van der Waals surface area contributed by atoms with Crippen molar-refractivity contribution in [2.24, 2.45) is 0 Å². The van der Waals surface area contributed by atoms with Crippen LogP contribution in [0.1, 0.15) is 226 Å². The maximum Gasteiger partial charge on any atom is 0.397 e. The Balaban J connectivity index is 2.53. The third kappa shape index (κ3) is 30.8. The van der Waals surface area contributed by atoms with Gasteiger partial charge in [0.05, 0.1) is 25.4 Å². The summed E-state index contributed by atoms with van der Waals surface area (Å²) in [6.07, 6.45) is 31.4. The van der Waals surface area contributed by atoms with Crippen molar-refractivity contribution in [2.45, 2.75) is 275 Å². The molecule has 1 aliphatic heterocycles. The van der Waals surface area contributed by atoms with E-state index in [1.54, 1.807) is 6.08 Å². The van der Waals surface area contributed by atoms with Gasteiger partial charge in [0.25, 0.3) is 0 Å². The topological polar surface area (TPSA) is 212 Å². The molecule has 0 saturated carbocycles. The van der Waals surface area contributed by atoms with E-state index in [0.29, 0.717) is 12.8 Å². The summed E-state index contributed by atoms with van der Waals surface area (Å²) in [6, 6.07) is -1.11. The quantitative estimate of drug-likeness (QED) is 0.0173. The lowest BCUT2D eigenvalue weighted by molar-refractivity contribution is -0.298. The Kier molecular flexibility index (Phi) is 37.0. The number of ether oxygens (including phenoxy) is 2. The molecule has 1 heterocycles. The van der Waals surface area contributed by atoms with Gasteiger partial charge in [-0.25, -0.2) is 4.18 Å². The number of hydrogen-bond acceptors (Lipinski definition) is 11. The molecule has 13 nitrogen and oxygen atoms in total. The van der Waals surface area contributed by atoms with Gasteiger partial charge in [0.1, 0.15) is 30.5 Å². The van der Waals surface area contributed by atoms with E-state index in [2.05, 4.69) is 23.3 Å². The van der Waals surface area contributed by atoms with Crippen molar-refractivity contribution >= 4 is 16.3 Å². The Bertz CT molecular complexity index is 1180. The van der Waals surface area contributed by atoms with Crippen molar-refractivity contribution in [3.05, 3.63) is 12.2 Å². The number of amides is 1. The number of carbonyl (C=O) groups excluding carboxylic acids is 1. The SMILES string of the molecule is CCCCCCCCCCCCCCCC/C=C/C(O)C(COC1OC(CO)C(O)C(OS(=O)(=O)O)C1O)NC(=O)C(O)CCCCCCCCCCCCCCCCCCC. The molecule has 1 saturated heterocycles. The number of nitrogens with one attached hydrogen (secondary N) is 1. The highest BCUT2D eigenvalue weighted by Crippen LogP contribution is 2.26. The first-order chi connectivity index (χ1) is 29.9. The maximum atomic E-state index is 13.1. The standard InChI is InChI=1S/C48H93NO12S/c1-3-5-7-9-11-13-15-17-19-21-23-25-27-29-31-33-35-37-42(52)47(55)49-40(39-59-48-45(54)46(61-62(56,57)58)44(53)43(38-50)60-48)41(51)36-34-32-30-28-26-24-22-20-18-16-14-12-10-8-6-4-2/h34,36,40-46,48,50-54H,3-33,35,37-39H2,1-2H3,(H,49,55)(H,56,57,58)/b36-34+. The molecular weight excluding hydrogens is 815 g/mol. The molecule has 0 aromatic heterocycles. The van der Waals surface area contributed by atoms with Crippen molar-refractivity contribution in [2.75, 3.05) is 13.2 Å². The fourth-order valence-corrected chi connectivity index (χ4v) is 8.68. The summed E-state index contributed by atoms with van der Waals surface area (Å²) in [5.74, 6) is -0.698. The van der Waals surface area contributed by atoms with E-state index in [0.717, 1.165) is 38.5 Å². The van der Waals surface area contributed by atoms with Crippen LogP contribution in [0.4, 0.5) is 0 Å². The van der Waals surface area contributed by atoms with Crippen LogP contribution in [0, 0.1) is 0 Å². The molecule has 8 unspecified atom stereocenters. The average molecular weight is 908 g/mol. The second-order valence-electron chi connectivity index (χ2n) is 17.9. The van der Waals surface area contributed by atoms with Gasteiger partial charge in [-0.05, 0) is 19.3 Å². The van der Waals surface area contributed by atoms with Crippen molar-refractivity contribution in [3.8, 4) is 0 Å². The summed E-state index contributed by atoms with van der Waals surface area (Å²) in [5, 5.41) is 55.3. The molecule has 14 heteroatoms. The molecule has 0 aromatic rings. The number of carbonyl (C=O) groups is 1. The minimum atomic E-state index is -5.12. The van der Waals surface area contributed by atoms with Crippen LogP contribution >= 0.6 is 0 Å². The lowest BCUT2D eigenvalue weighted by Crippen LogP contribution is -2.61. The van der Waals surface area contributed by atoms with Gasteiger partial charge in [-0.3, -0.25) is 9.35 Å². The fraction of sp³-hybridized carbons (Fsp3) is 0.938. The van der Waals surface area contributed by atoms with Gasteiger partial charge in [0.2, 0.25) is 5.91 Å². The highest BCUT2D eigenvalue weighted by Gasteiger charge is 2.48. The highest BCUT2D eigenvalue weighted by atomic mass is 32.3. The van der Waals surface area contributed by atoms with Crippen LogP contribution in [0.15, 0.2) is 12.2 Å². The van der Waals surface area contributed by atoms with Gasteiger partial charge in [0.15, 0.2) is 6.29 Å². The first kappa shape index (κ1) is 58.8. The van der Waals surface area contributed by atoms with Gasteiger partial charge in [-0.15, -0.1) is 0 Å². The first-order valence-corrected chi connectivity index (χ1v) is 26.5. The summed E-state index contributed by atoms with van der Waals surface area (Å²) in [4.78, 5) is 13.1. The number of hydrogen-bond donors (Lipinski definition) is 7. The van der Waals surface area contributed by atoms with Crippen LogP contribution in [0.3, 0.4) is 0 Å². The monoisotopic (exact) mass is 908 g/mol. The lowest BCUT2D eigenvalue weighted by Gasteiger charge is -2.41. The van der Waals surface area contributed by atoms with Crippen LogP contribution in [0.5, 0.6) is 0 Å². The molecule has 1 fully saturated rings. The number of aliphatic hydroxyl groups is 5. The molecule has 1 rings (SSSR count). The first-order valence-electron chi connectivity index (χ1n) is 25.2. The van der Waals surface area contributed by atoms with E-state index >= 15 is 0 Å².